The standard InChI is InChI=1S/C6H10N2/c1-2-7-6-4-3-5-8-6/h3,5H,2,4H2,1H3,(H,7,8). The van der Waals surface area contributed by atoms with Gasteiger partial charge >= 0.3 is 0 Å². The number of hydrogen-bond donors (Lipinski definition) is 1. The molecule has 2 nitrogen and oxygen atoms in total. The van der Waals surface area contributed by atoms with Crippen LogP contribution < -0.4 is 5.32 Å². The van der Waals surface area contributed by atoms with E-state index >= 15 is 0 Å². The SMILES string of the molecule is CCNC1=NC=CC1. The zero-order chi connectivity index (χ0) is 5.82. The van der Waals surface area contributed by atoms with Gasteiger partial charge in [-0.2, -0.15) is 0 Å². The Hall–Kier alpha value is -0.790. The molecular weight excluding hydrogens is 100 g/mol. The van der Waals surface area contributed by atoms with Crippen molar-refractivity contribution in [2.45, 2.75) is 13.3 Å². The summed E-state index contributed by atoms with van der Waals surface area (Å²) in [4.78, 5) is 4.05. The highest BCUT2D eigenvalue weighted by molar-refractivity contribution is 5.85. The molecule has 0 aromatic carbocycles. The van der Waals surface area contributed by atoms with Crippen LogP contribution in [-0.4, -0.2) is 12.4 Å². The Morgan fingerprint density at radius 3 is 3.25 bits per heavy atom. The van der Waals surface area contributed by atoms with E-state index in [0.29, 0.717) is 0 Å². The molecule has 1 N–H and O–H groups in total. The van der Waals surface area contributed by atoms with Gasteiger partial charge in [0.1, 0.15) is 5.84 Å². The maximum atomic E-state index is 4.05. The molecule has 0 atom stereocenters. The van der Waals surface area contributed by atoms with Crippen LogP contribution >= 0.6 is 0 Å². The molecule has 0 radical (unpaired) electrons. The second-order valence-electron chi connectivity index (χ2n) is 1.70. The van der Waals surface area contributed by atoms with Crippen LogP contribution in [0.3, 0.4) is 0 Å². The number of amidine groups is 1. The van der Waals surface area contributed by atoms with Crippen molar-refractivity contribution in [1.29, 1.82) is 0 Å². The summed E-state index contributed by atoms with van der Waals surface area (Å²) in [7, 11) is 0. The van der Waals surface area contributed by atoms with E-state index in [1.807, 2.05) is 12.3 Å². The zero-order valence-electron chi connectivity index (χ0n) is 5.02. The van der Waals surface area contributed by atoms with E-state index in [2.05, 4.69) is 17.2 Å². The van der Waals surface area contributed by atoms with Gasteiger partial charge in [-0.3, -0.25) is 0 Å². The Morgan fingerprint density at radius 2 is 2.75 bits per heavy atom. The van der Waals surface area contributed by atoms with Gasteiger partial charge in [0.2, 0.25) is 0 Å². The van der Waals surface area contributed by atoms with Gasteiger partial charge in [-0.1, -0.05) is 6.08 Å². The number of rotatable bonds is 1. The summed E-state index contributed by atoms with van der Waals surface area (Å²) in [5.74, 6) is 1.09. The monoisotopic (exact) mass is 110 g/mol. The van der Waals surface area contributed by atoms with Crippen molar-refractivity contribution in [3.8, 4) is 0 Å². The summed E-state index contributed by atoms with van der Waals surface area (Å²) < 4.78 is 0. The van der Waals surface area contributed by atoms with E-state index in [0.717, 1.165) is 18.8 Å². The van der Waals surface area contributed by atoms with Crippen LogP contribution in [0.2, 0.25) is 0 Å². The fourth-order valence-corrected chi connectivity index (χ4v) is 0.682. The van der Waals surface area contributed by atoms with Gasteiger partial charge in [-0.05, 0) is 6.92 Å². The molecule has 0 aromatic heterocycles. The lowest BCUT2D eigenvalue weighted by Crippen LogP contribution is -2.20. The molecule has 0 saturated carbocycles. The third-order valence-electron chi connectivity index (χ3n) is 1.03. The minimum absolute atomic E-state index is 0.973. The van der Waals surface area contributed by atoms with Crippen LogP contribution in [0.5, 0.6) is 0 Å². The van der Waals surface area contributed by atoms with E-state index in [4.69, 9.17) is 0 Å². The molecule has 8 heavy (non-hydrogen) atoms. The van der Waals surface area contributed by atoms with E-state index in [9.17, 15) is 0 Å². The van der Waals surface area contributed by atoms with E-state index in [1.165, 1.54) is 0 Å². The van der Waals surface area contributed by atoms with Crippen molar-refractivity contribution in [2.75, 3.05) is 6.54 Å². The van der Waals surface area contributed by atoms with Crippen molar-refractivity contribution in [3.05, 3.63) is 12.3 Å². The van der Waals surface area contributed by atoms with Crippen LogP contribution in [0, 0.1) is 0 Å². The Balaban J connectivity index is 2.28. The Labute approximate surface area is 49.3 Å². The maximum Gasteiger partial charge on any atom is 0.105 e. The minimum atomic E-state index is 0.973. The number of hydrogen-bond acceptors (Lipinski definition) is 2. The zero-order valence-corrected chi connectivity index (χ0v) is 5.02. The predicted molar refractivity (Wildman–Crippen MR) is 34.9 cm³/mol. The van der Waals surface area contributed by atoms with Crippen LogP contribution in [0.25, 0.3) is 0 Å². The van der Waals surface area contributed by atoms with Gasteiger partial charge in [0.15, 0.2) is 0 Å². The minimum Gasteiger partial charge on any atom is -0.374 e. The van der Waals surface area contributed by atoms with Crippen LogP contribution in [0.15, 0.2) is 17.3 Å². The highest BCUT2D eigenvalue weighted by atomic mass is 15.0. The third-order valence-corrected chi connectivity index (χ3v) is 1.03. The molecule has 44 valence electrons. The second-order valence-corrected chi connectivity index (χ2v) is 1.70. The van der Waals surface area contributed by atoms with Gasteiger partial charge in [0.05, 0.1) is 0 Å². The Kier molecular flexibility index (Phi) is 1.67. The van der Waals surface area contributed by atoms with Gasteiger partial charge < -0.3 is 5.32 Å². The Bertz CT molecular complexity index is 124. The molecule has 1 heterocycles. The van der Waals surface area contributed by atoms with Crippen molar-refractivity contribution in [1.82, 2.24) is 5.32 Å². The van der Waals surface area contributed by atoms with Gasteiger partial charge in [0, 0.05) is 19.2 Å². The fraction of sp³-hybridized carbons (Fsp3) is 0.500. The molecule has 1 aliphatic heterocycles. The number of aliphatic imine (C=N–C) groups is 1. The first-order valence-electron chi connectivity index (χ1n) is 2.89. The van der Waals surface area contributed by atoms with Crippen LogP contribution in [-0.2, 0) is 0 Å². The molecule has 0 saturated heterocycles. The number of nitrogens with zero attached hydrogens (tertiary/aromatic N) is 1. The maximum absolute atomic E-state index is 4.05. The largest absolute Gasteiger partial charge is 0.374 e. The average Bonchev–Trinajstić information content (AvgIpc) is 2.19. The van der Waals surface area contributed by atoms with E-state index < -0.39 is 0 Å². The fourth-order valence-electron chi connectivity index (χ4n) is 0.682. The number of nitrogens with one attached hydrogen (secondary N) is 1. The first-order chi connectivity index (χ1) is 3.93. The summed E-state index contributed by atoms with van der Waals surface area (Å²) in [6.07, 6.45) is 4.85. The highest BCUT2D eigenvalue weighted by Crippen LogP contribution is 1.95. The molecule has 0 amide bonds. The van der Waals surface area contributed by atoms with Crippen molar-refractivity contribution < 1.29 is 0 Å². The molecule has 0 unspecified atom stereocenters. The molecule has 0 fully saturated rings. The molecule has 1 rings (SSSR count). The normalized spacial score (nSPS) is 16.4. The first kappa shape index (κ1) is 5.35. The second kappa shape index (κ2) is 2.50. The molecule has 2 heteroatoms. The summed E-state index contributed by atoms with van der Waals surface area (Å²) >= 11 is 0. The topological polar surface area (TPSA) is 24.4 Å². The lowest BCUT2D eigenvalue weighted by Gasteiger charge is -1.97. The van der Waals surface area contributed by atoms with Crippen LogP contribution in [0.1, 0.15) is 13.3 Å². The predicted octanol–water partition coefficient (Wildman–Crippen LogP) is 0.912. The molecular formula is C6H10N2. The summed E-state index contributed by atoms with van der Waals surface area (Å²) in [6, 6.07) is 0. The summed E-state index contributed by atoms with van der Waals surface area (Å²) in [5, 5.41) is 3.13. The smallest absolute Gasteiger partial charge is 0.105 e. The van der Waals surface area contributed by atoms with Crippen LogP contribution in [0.4, 0.5) is 0 Å². The summed E-state index contributed by atoms with van der Waals surface area (Å²) in [6.45, 7) is 3.04. The lowest BCUT2D eigenvalue weighted by atomic mass is 10.4. The average molecular weight is 110 g/mol. The Morgan fingerprint density at radius 1 is 1.88 bits per heavy atom. The van der Waals surface area contributed by atoms with E-state index in [-0.39, 0.29) is 0 Å². The molecule has 0 aromatic rings. The molecule has 0 spiro atoms. The lowest BCUT2D eigenvalue weighted by molar-refractivity contribution is 0.953. The van der Waals surface area contributed by atoms with Gasteiger partial charge in [-0.25, -0.2) is 4.99 Å². The third kappa shape index (κ3) is 1.09. The van der Waals surface area contributed by atoms with Crippen molar-refractivity contribution >= 4 is 5.84 Å². The molecule has 0 aliphatic carbocycles. The van der Waals surface area contributed by atoms with Crippen molar-refractivity contribution in [3.63, 3.8) is 0 Å². The summed E-state index contributed by atoms with van der Waals surface area (Å²) in [5.41, 5.74) is 0. The quantitative estimate of drug-likeness (QED) is 0.533. The molecule has 1 aliphatic rings. The van der Waals surface area contributed by atoms with Crippen molar-refractivity contribution in [2.24, 2.45) is 4.99 Å². The van der Waals surface area contributed by atoms with E-state index in [1.54, 1.807) is 0 Å². The first-order valence-corrected chi connectivity index (χ1v) is 2.89. The van der Waals surface area contributed by atoms with Gasteiger partial charge in [0.25, 0.3) is 0 Å². The molecule has 0 bridgehead atoms. The highest BCUT2D eigenvalue weighted by Gasteiger charge is 1.95. The van der Waals surface area contributed by atoms with Gasteiger partial charge in [-0.15, -0.1) is 0 Å².